The second-order valence-corrected chi connectivity index (χ2v) is 7.47. The Balaban J connectivity index is 2.20. The van der Waals surface area contributed by atoms with Crippen molar-refractivity contribution >= 4 is 31.5 Å². The predicted molar refractivity (Wildman–Crippen MR) is 74.2 cm³/mol. The first-order valence-electron chi connectivity index (χ1n) is 5.82. The van der Waals surface area contributed by atoms with Crippen molar-refractivity contribution in [3.05, 3.63) is 22.7 Å². The van der Waals surface area contributed by atoms with Crippen LogP contribution in [0.2, 0.25) is 0 Å². The van der Waals surface area contributed by atoms with Crippen molar-refractivity contribution in [1.82, 2.24) is 0 Å². The molecule has 1 fully saturated rings. The van der Waals surface area contributed by atoms with Crippen LogP contribution in [0, 0.1) is 0 Å². The summed E-state index contributed by atoms with van der Waals surface area (Å²) in [6, 6.07) is 4.73. The standard InChI is InChI=1S/C12H16BrNO3S/c1-8-2-4-10(17-8)7-18(15,16)12-5-3-9(14)6-11(12)13/h3,5-6,8,10H,2,4,7,14H2,1H3. The Labute approximate surface area is 116 Å². The van der Waals surface area contributed by atoms with Crippen molar-refractivity contribution in [2.24, 2.45) is 0 Å². The highest BCUT2D eigenvalue weighted by Gasteiger charge is 2.29. The number of rotatable bonds is 3. The van der Waals surface area contributed by atoms with Crippen LogP contribution in [0.1, 0.15) is 19.8 Å². The maximum atomic E-state index is 12.3. The lowest BCUT2D eigenvalue weighted by molar-refractivity contribution is 0.0690. The van der Waals surface area contributed by atoms with Crippen LogP contribution in [-0.4, -0.2) is 26.4 Å². The van der Waals surface area contributed by atoms with Gasteiger partial charge >= 0.3 is 0 Å². The monoisotopic (exact) mass is 333 g/mol. The van der Waals surface area contributed by atoms with E-state index in [4.69, 9.17) is 10.5 Å². The normalized spacial score (nSPS) is 24.3. The molecule has 0 bridgehead atoms. The van der Waals surface area contributed by atoms with E-state index in [1.54, 1.807) is 12.1 Å². The van der Waals surface area contributed by atoms with Crippen molar-refractivity contribution in [3.63, 3.8) is 0 Å². The van der Waals surface area contributed by atoms with Gasteiger partial charge in [-0.25, -0.2) is 8.42 Å². The summed E-state index contributed by atoms with van der Waals surface area (Å²) in [5.74, 6) is 0.0276. The highest BCUT2D eigenvalue weighted by molar-refractivity contribution is 9.10. The fourth-order valence-electron chi connectivity index (χ4n) is 2.11. The van der Waals surface area contributed by atoms with Crippen LogP contribution < -0.4 is 5.73 Å². The average molecular weight is 334 g/mol. The molecule has 0 aromatic heterocycles. The van der Waals surface area contributed by atoms with Gasteiger partial charge in [0.25, 0.3) is 0 Å². The van der Waals surface area contributed by atoms with E-state index in [-0.39, 0.29) is 22.9 Å². The molecule has 1 aromatic carbocycles. The lowest BCUT2D eigenvalue weighted by Gasteiger charge is -2.13. The molecule has 2 rings (SSSR count). The van der Waals surface area contributed by atoms with Gasteiger partial charge in [0, 0.05) is 10.2 Å². The van der Waals surface area contributed by atoms with Crippen molar-refractivity contribution in [1.29, 1.82) is 0 Å². The highest BCUT2D eigenvalue weighted by atomic mass is 79.9. The van der Waals surface area contributed by atoms with Crippen LogP contribution in [0.4, 0.5) is 5.69 Å². The zero-order valence-electron chi connectivity index (χ0n) is 10.1. The Hall–Kier alpha value is -0.590. The fraction of sp³-hybridized carbons (Fsp3) is 0.500. The molecule has 1 aromatic rings. The first-order valence-corrected chi connectivity index (χ1v) is 8.26. The first-order chi connectivity index (χ1) is 8.38. The summed E-state index contributed by atoms with van der Waals surface area (Å²) in [5, 5.41) is 0. The van der Waals surface area contributed by atoms with Gasteiger partial charge in [-0.3, -0.25) is 0 Å². The molecular formula is C12H16BrNO3S. The number of nitrogens with two attached hydrogens (primary N) is 1. The van der Waals surface area contributed by atoms with E-state index >= 15 is 0 Å². The third-order valence-electron chi connectivity index (χ3n) is 3.02. The van der Waals surface area contributed by atoms with Crippen LogP contribution in [0.25, 0.3) is 0 Å². The Morgan fingerprint density at radius 2 is 2.17 bits per heavy atom. The molecule has 1 aliphatic heterocycles. The van der Waals surface area contributed by atoms with Crippen LogP contribution in [0.15, 0.2) is 27.6 Å². The van der Waals surface area contributed by atoms with Crippen molar-refractivity contribution in [3.8, 4) is 0 Å². The summed E-state index contributed by atoms with van der Waals surface area (Å²) in [7, 11) is -3.34. The molecule has 0 radical (unpaired) electrons. The second kappa shape index (κ2) is 5.19. The van der Waals surface area contributed by atoms with Gasteiger partial charge in [0.2, 0.25) is 0 Å². The van der Waals surface area contributed by atoms with Crippen molar-refractivity contribution in [2.75, 3.05) is 11.5 Å². The van der Waals surface area contributed by atoms with Crippen molar-refractivity contribution < 1.29 is 13.2 Å². The van der Waals surface area contributed by atoms with E-state index in [1.807, 2.05) is 6.92 Å². The minimum Gasteiger partial charge on any atom is -0.399 e. The van der Waals surface area contributed by atoms with Gasteiger partial charge in [-0.1, -0.05) is 0 Å². The van der Waals surface area contributed by atoms with Crippen LogP contribution in [0.3, 0.4) is 0 Å². The molecule has 1 saturated heterocycles. The van der Waals surface area contributed by atoms with Gasteiger partial charge in [-0.2, -0.15) is 0 Å². The number of hydrogen-bond acceptors (Lipinski definition) is 4. The maximum absolute atomic E-state index is 12.3. The molecular weight excluding hydrogens is 318 g/mol. The van der Waals surface area contributed by atoms with Gasteiger partial charge < -0.3 is 10.5 Å². The SMILES string of the molecule is CC1CCC(CS(=O)(=O)c2ccc(N)cc2Br)O1. The molecule has 2 atom stereocenters. The third-order valence-corrected chi connectivity index (χ3v) is 5.77. The Bertz CT molecular complexity index is 544. The van der Waals surface area contributed by atoms with E-state index in [2.05, 4.69) is 15.9 Å². The molecule has 1 heterocycles. The zero-order valence-corrected chi connectivity index (χ0v) is 12.5. The zero-order chi connectivity index (χ0) is 13.3. The van der Waals surface area contributed by atoms with Crippen molar-refractivity contribution in [2.45, 2.75) is 36.9 Å². The Morgan fingerprint density at radius 1 is 1.44 bits per heavy atom. The van der Waals surface area contributed by atoms with E-state index in [0.29, 0.717) is 10.2 Å². The highest BCUT2D eigenvalue weighted by Crippen LogP contribution is 2.28. The smallest absolute Gasteiger partial charge is 0.182 e. The molecule has 2 N–H and O–H groups in total. The van der Waals surface area contributed by atoms with E-state index in [0.717, 1.165) is 12.8 Å². The van der Waals surface area contributed by atoms with Gasteiger partial charge in [-0.05, 0) is 53.9 Å². The predicted octanol–water partition coefficient (Wildman–Crippen LogP) is 2.37. The largest absolute Gasteiger partial charge is 0.399 e. The lowest BCUT2D eigenvalue weighted by Crippen LogP contribution is -2.21. The summed E-state index contributed by atoms with van der Waals surface area (Å²) >= 11 is 3.24. The molecule has 1 aliphatic rings. The summed E-state index contributed by atoms with van der Waals surface area (Å²) in [5.41, 5.74) is 6.14. The molecule has 0 saturated carbocycles. The summed E-state index contributed by atoms with van der Waals surface area (Å²) in [4.78, 5) is 0.278. The number of benzene rings is 1. The van der Waals surface area contributed by atoms with Gasteiger partial charge in [-0.15, -0.1) is 0 Å². The van der Waals surface area contributed by atoms with Crippen LogP contribution >= 0.6 is 15.9 Å². The summed E-state index contributed by atoms with van der Waals surface area (Å²) in [6.07, 6.45) is 1.67. The minimum atomic E-state index is -3.34. The first kappa shape index (κ1) is 13.8. The van der Waals surface area contributed by atoms with Crippen LogP contribution in [-0.2, 0) is 14.6 Å². The number of anilines is 1. The van der Waals surface area contributed by atoms with Crippen LogP contribution in [0.5, 0.6) is 0 Å². The molecule has 4 nitrogen and oxygen atoms in total. The maximum Gasteiger partial charge on any atom is 0.182 e. The quantitative estimate of drug-likeness (QED) is 0.862. The summed E-state index contributed by atoms with van der Waals surface area (Å²) < 4.78 is 30.6. The second-order valence-electron chi connectivity index (χ2n) is 4.62. The van der Waals surface area contributed by atoms with E-state index in [9.17, 15) is 8.42 Å². The molecule has 100 valence electrons. The molecule has 18 heavy (non-hydrogen) atoms. The average Bonchev–Trinajstić information content (AvgIpc) is 2.62. The molecule has 0 spiro atoms. The number of hydrogen-bond donors (Lipinski definition) is 1. The number of nitrogen functional groups attached to an aromatic ring is 1. The number of halogens is 1. The van der Waals surface area contributed by atoms with Gasteiger partial charge in [0.1, 0.15) is 0 Å². The van der Waals surface area contributed by atoms with E-state index < -0.39 is 9.84 Å². The van der Waals surface area contributed by atoms with Gasteiger partial charge in [0.05, 0.1) is 22.9 Å². The molecule has 6 heteroatoms. The molecule has 2 unspecified atom stereocenters. The third kappa shape index (κ3) is 3.05. The fourth-order valence-corrected chi connectivity index (χ4v) is 4.79. The molecule has 0 aliphatic carbocycles. The Morgan fingerprint density at radius 3 is 2.72 bits per heavy atom. The molecule has 0 amide bonds. The summed E-state index contributed by atoms with van der Waals surface area (Å²) in [6.45, 7) is 1.96. The number of sulfone groups is 1. The van der Waals surface area contributed by atoms with E-state index in [1.165, 1.54) is 6.07 Å². The minimum absolute atomic E-state index is 0.0276. The Kier molecular flexibility index (Phi) is 3.99. The lowest BCUT2D eigenvalue weighted by atomic mass is 10.2. The number of ether oxygens (including phenoxy) is 1. The topological polar surface area (TPSA) is 69.4 Å². The van der Waals surface area contributed by atoms with Gasteiger partial charge in [0.15, 0.2) is 9.84 Å².